The molecule has 3 N–H and O–H groups in total. The number of aromatic amines is 1. The number of carbonyl (C=O) groups excluding carboxylic acids is 3. The van der Waals surface area contributed by atoms with Crippen molar-refractivity contribution in [2.24, 2.45) is 0 Å². The van der Waals surface area contributed by atoms with E-state index >= 15 is 0 Å². The molecule has 2 aromatic carbocycles. The maximum Gasteiger partial charge on any atom is 0.255 e. The highest BCUT2D eigenvalue weighted by molar-refractivity contribution is 5.98. The highest BCUT2D eigenvalue weighted by atomic mass is 19.1. The minimum absolute atomic E-state index is 0.0666. The number of rotatable bonds is 2. The molecule has 0 saturated carbocycles. The Bertz CT molecular complexity index is 1280. The quantitative estimate of drug-likeness (QED) is 0.510. The van der Waals surface area contributed by atoms with Gasteiger partial charge in [0.05, 0.1) is 12.1 Å². The highest BCUT2D eigenvalue weighted by Gasteiger charge is 2.38. The summed E-state index contributed by atoms with van der Waals surface area (Å²) in [6, 6.07) is 10.2. The normalized spacial score (nSPS) is 20.5. The Morgan fingerprint density at radius 3 is 2.78 bits per heavy atom. The van der Waals surface area contributed by atoms with Gasteiger partial charge in [-0.2, -0.15) is 0 Å². The number of nitrogens with one attached hydrogen (secondary N) is 3. The first-order valence-electron chi connectivity index (χ1n) is 11.9. The van der Waals surface area contributed by atoms with E-state index in [2.05, 4.69) is 20.6 Å². The van der Waals surface area contributed by atoms with E-state index in [9.17, 15) is 18.8 Å². The molecule has 10 heteroatoms. The number of halogens is 1. The number of ether oxygens (including phenoxy) is 1. The third-order valence-corrected chi connectivity index (χ3v) is 6.52. The number of H-pyrrole nitrogens is 1. The maximum absolute atomic E-state index is 13.9. The van der Waals surface area contributed by atoms with Gasteiger partial charge in [-0.1, -0.05) is 12.1 Å². The van der Waals surface area contributed by atoms with Crippen LogP contribution in [-0.2, 0) is 4.79 Å². The van der Waals surface area contributed by atoms with Gasteiger partial charge in [-0.15, -0.1) is 0 Å². The molecule has 3 aromatic rings. The van der Waals surface area contributed by atoms with Gasteiger partial charge >= 0.3 is 0 Å². The Kier molecular flexibility index (Phi) is 6.66. The SMILES string of the molecule is O=C1C[C@@H]2CC[C@H](CNC(=O)c3cc(F)ccc3OCCN1)N2C(=O)c1cccc(-c2ncc[nH]2)c1. The van der Waals surface area contributed by atoms with E-state index in [4.69, 9.17) is 4.74 Å². The molecule has 0 spiro atoms. The number of benzene rings is 2. The van der Waals surface area contributed by atoms with Gasteiger partial charge in [0.15, 0.2) is 0 Å². The summed E-state index contributed by atoms with van der Waals surface area (Å²) >= 11 is 0. The molecule has 0 radical (unpaired) electrons. The lowest BCUT2D eigenvalue weighted by molar-refractivity contribution is -0.122. The third kappa shape index (κ3) is 4.93. The molecule has 0 unspecified atom stereocenters. The second kappa shape index (κ2) is 10.2. The highest BCUT2D eigenvalue weighted by Crippen LogP contribution is 2.30. The number of amides is 3. The molecular formula is C26H26FN5O4. The lowest BCUT2D eigenvalue weighted by Crippen LogP contribution is -2.48. The number of carbonyl (C=O) groups is 3. The van der Waals surface area contributed by atoms with Crippen molar-refractivity contribution in [1.82, 2.24) is 25.5 Å². The second-order valence-corrected chi connectivity index (χ2v) is 8.87. The fraction of sp³-hybridized carbons (Fsp3) is 0.308. The maximum atomic E-state index is 13.9. The molecule has 2 aliphatic rings. The molecule has 2 bridgehead atoms. The van der Waals surface area contributed by atoms with Gasteiger partial charge < -0.3 is 25.3 Å². The van der Waals surface area contributed by atoms with Crippen molar-refractivity contribution in [2.45, 2.75) is 31.3 Å². The zero-order valence-corrected chi connectivity index (χ0v) is 19.5. The van der Waals surface area contributed by atoms with Crippen LogP contribution in [0.25, 0.3) is 11.4 Å². The molecule has 186 valence electrons. The lowest BCUT2D eigenvalue weighted by atomic mass is 10.1. The summed E-state index contributed by atoms with van der Waals surface area (Å²) < 4.78 is 19.5. The smallest absolute Gasteiger partial charge is 0.255 e. The van der Waals surface area contributed by atoms with E-state index in [1.807, 2.05) is 6.07 Å². The van der Waals surface area contributed by atoms with Crippen LogP contribution >= 0.6 is 0 Å². The minimum Gasteiger partial charge on any atom is -0.491 e. The zero-order chi connectivity index (χ0) is 25.1. The van der Waals surface area contributed by atoms with Crippen molar-refractivity contribution in [2.75, 3.05) is 19.7 Å². The third-order valence-electron chi connectivity index (χ3n) is 6.52. The van der Waals surface area contributed by atoms with Crippen LogP contribution in [0.4, 0.5) is 4.39 Å². The summed E-state index contributed by atoms with van der Waals surface area (Å²) in [5, 5.41) is 5.64. The molecule has 36 heavy (non-hydrogen) atoms. The van der Waals surface area contributed by atoms with Crippen molar-refractivity contribution in [1.29, 1.82) is 0 Å². The van der Waals surface area contributed by atoms with Crippen molar-refractivity contribution >= 4 is 17.7 Å². The van der Waals surface area contributed by atoms with Gasteiger partial charge in [-0.05, 0) is 43.2 Å². The molecule has 3 amide bonds. The molecule has 9 nitrogen and oxygen atoms in total. The van der Waals surface area contributed by atoms with E-state index in [1.165, 1.54) is 12.1 Å². The summed E-state index contributed by atoms with van der Waals surface area (Å²) in [6.45, 7) is 0.496. The monoisotopic (exact) mass is 491 g/mol. The fourth-order valence-corrected chi connectivity index (χ4v) is 4.81. The van der Waals surface area contributed by atoms with Crippen molar-refractivity contribution in [3.05, 3.63) is 71.8 Å². The van der Waals surface area contributed by atoms with Crippen molar-refractivity contribution in [3.63, 3.8) is 0 Å². The van der Waals surface area contributed by atoms with Crippen molar-refractivity contribution in [3.8, 4) is 17.1 Å². The minimum atomic E-state index is -0.559. The van der Waals surface area contributed by atoms with Crippen molar-refractivity contribution < 1.29 is 23.5 Å². The largest absolute Gasteiger partial charge is 0.491 e. The van der Waals surface area contributed by atoms with Crippen LogP contribution in [-0.4, -0.2) is 64.4 Å². The van der Waals surface area contributed by atoms with E-state index < -0.39 is 11.7 Å². The van der Waals surface area contributed by atoms with E-state index in [1.54, 1.807) is 35.5 Å². The number of aromatic nitrogens is 2. The summed E-state index contributed by atoms with van der Waals surface area (Å²) in [5.41, 5.74) is 1.30. The first-order valence-corrected chi connectivity index (χ1v) is 11.9. The molecule has 2 aliphatic heterocycles. The number of hydrogen-bond donors (Lipinski definition) is 3. The Labute approximate surface area is 207 Å². The summed E-state index contributed by atoms with van der Waals surface area (Å²) in [6.07, 6.45) is 4.74. The number of fused-ring (bicyclic) bond motifs is 3. The molecular weight excluding hydrogens is 465 g/mol. The lowest BCUT2D eigenvalue weighted by Gasteiger charge is -2.31. The van der Waals surface area contributed by atoms with Crippen LogP contribution < -0.4 is 15.4 Å². The van der Waals surface area contributed by atoms with E-state index in [0.29, 0.717) is 24.2 Å². The standard InChI is InChI=1S/C26H26FN5O4/c27-18-4-7-22-21(13-18)25(34)31-15-20-6-5-19(14-23(33)28-10-11-36-22)32(20)26(35)17-3-1-2-16(12-17)24-29-8-9-30-24/h1-4,7-9,12-13,19-20H,5-6,10-11,14-15H2,(H,28,33)(H,29,30)(H,31,34)/t19-,20+/m0/s1. The molecule has 5 rings (SSSR count). The van der Waals surface area contributed by atoms with E-state index in [-0.39, 0.29) is 61.3 Å². The summed E-state index contributed by atoms with van der Waals surface area (Å²) in [4.78, 5) is 48.3. The van der Waals surface area contributed by atoms with E-state index in [0.717, 1.165) is 11.6 Å². The van der Waals surface area contributed by atoms with Crippen LogP contribution in [0.1, 0.15) is 40.0 Å². The van der Waals surface area contributed by atoms with Crippen LogP contribution in [0, 0.1) is 5.82 Å². The molecule has 0 aliphatic carbocycles. The number of imidazole rings is 1. The van der Waals surface area contributed by atoms with Crippen LogP contribution in [0.3, 0.4) is 0 Å². The molecule has 1 fully saturated rings. The molecule has 3 heterocycles. The molecule has 1 saturated heterocycles. The molecule has 2 atom stereocenters. The topological polar surface area (TPSA) is 116 Å². The first kappa shape index (κ1) is 23.5. The van der Waals surface area contributed by atoms with Gasteiger partial charge in [0.25, 0.3) is 11.8 Å². The average molecular weight is 492 g/mol. The van der Waals surface area contributed by atoms with Gasteiger partial charge in [-0.25, -0.2) is 9.37 Å². The Morgan fingerprint density at radius 1 is 1.08 bits per heavy atom. The number of nitrogens with zero attached hydrogens (tertiary/aromatic N) is 2. The Morgan fingerprint density at radius 2 is 1.94 bits per heavy atom. The molecule has 1 aromatic heterocycles. The second-order valence-electron chi connectivity index (χ2n) is 8.87. The predicted molar refractivity (Wildman–Crippen MR) is 129 cm³/mol. The van der Waals surface area contributed by atoms with Gasteiger partial charge in [-0.3, -0.25) is 14.4 Å². The predicted octanol–water partition coefficient (Wildman–Crippen LogP) is 2.52. The van der Waals surface area contributed by atoms with Crippen LogP contribution in [0.15, 0.2) is 54.9 Å². The van der Waals surface area contributed by atoms with Crippen LogP contribution in [0.5, 0.6) is 5.75 Å². The average Bonchev–Trinajstić information content (AvgIpc) is 3.55. The van der Waals surface area contributed by atoms with Crippen LogP contribution in [0.2, 0.25) is 0 Å². The van der Waals surface area contributed by atoms with Gasteiger partial charge in [0.2, 0.25) is 5.91 Å². The fourth-order valence-electron chi connectivity index (χ4n) is 4.81. The zero-order valence-electron chi connectivity index (χ0n) is 19.5. The Hall–Kier alpha value is -4.21. The van der Waals surface area contributed by atoms with Gasteiger partial charge in [0.1, 0.15) is 24.0 Å². The van der Waals surface area contributed by atoms with Gasteiger partial charge in [0, 0.05) is 48.6 Å². The summed E-state index contributed by atoms with van der Waals surface area (Å²) in [7, 11) is 0. The Balaban J connectivity index is 1.43. The summed E-state index contributed by atoms with van der Waals surface area (Å²) in [5.74, 6) is -0.579. The number of hydrogen-bond acceptors (Lipinski definition) is 5. The first-order chi connectivity index (χ1) is 17.5.